The van der Waals surface area contributed by atoms with Crippen LogP contribution >= 0.6 is 0 Å². The molecule has 33 heavy (non-hydrogen) atoms. The average molecular weight is 495 g/mol. The second-order valence-corrected chi connectivity index (χ2v) is 9.93. The van der Waals surface area contributed by atoms with E-state index >= 15 is 0 Å². The number of halogens is 6. The fraction of sp³-hybridized carbons (Fsp3) is 0.450. The molecule has 1 aromatic heterocycles. The van der Waals surface area contributed by atoms with Gasteiger partial charge in [-0.05, 0) is 30.3 Å². The number of ether oxygens (including phenoxy) is 1. The quantitative estimate of drug-likeness (QED) is 0.657. The summed E-state index contributed by atoms with van der Waals surface area (Å²) in [6.07, 6.45) is -8.61. The van der Waals surface area contributed by atoms with Gasteiger partial charge in [-0.15, -0.1) is 0 Å². The number of pyridine rings is 1. The number of benzene rings is 1. The van der Waals surface area contributed by atoms with Crippen LogP contribution in [-0.2, 0) is 22.2 Å². The molecule has 180 valence electrons. The lowest BCUT2D eigenvalue weighted by atomic mass is 10.1. The van der Waals surface area contributed by atoms with E-state index in [0.717, 1.165) is 36.5 Å². The Morgan fingerprint density at radius 1 is 1.06 bits per heavy atom. The first-order valence-corrected chi connectivity index (χ1v) is 11.5. The van der Waals surface area contributed by atoms with Crippen LogP contribution in [0.3, 0.4) is 0 Å². The van der Waals surface area contributed by atoms with Crippen LogP contribution in [-0.4, -0.2) is 55.5 Å². The minimum Gasteiger partial charge on any atom is -0.487 e. The van der Waals surface area contributed by atoms with Crippen molar-refractivity contribution in [2.24, 2.45) is 0 Å². The number of alkyl halides is 6. The van der Waals surface area contributed by atoms with E-state index in [1.54, 1.807) is 0 Å². The zero-order valence-electron chi connectivity index (χ0n) is 16.9. The maximum Gasteiger partial charge on any atom is 0.433 e. The molecular weight excluding hydrogens is 476 g/mol. The molecule has 2 fully saturated rings. The molecule has 4 rings (SSSR count). The van der Waals surface area contributed by atoms with E-state index < -0.39 is 55.9 Å². The van der Waals surface area contributed by atoms with Crippen molar-refractivity contribution in [3.8, 4) is 5.75 Å². The van der Waals surface area contributed by atoms with E-state index in [2.05, 4.69) is 10.3 Å². The van der Waals surface area contributed by atoms with Crippen molar-refractivity contribution in [3.63, 3.8) is 0 Å². The van der Waals surface area contributed by atoms with Crippen molar-refractivity contribution in [3.05, 3.63) is 53.9 Å². The topological polar surface area (TPSA) is 71.5 Å². The highest BCUT2D eigenvalue weighted by molar-refractivity contribution is 7.92. The number of fused-ring (bicyclic) bond motifs is 1. The molecule has 1 aromatic carbocycles. The van der Waals surface area contributed by atoms with Crippen LogP contribution in [0.4, 0.5) is 26.3 Å². The normalized spacial score (nSPS) is 24.5. The molecule has 0 aliphatic carbocycles. The molecule has 0 amide bonds. The third-order valence-corrected chi connectivity index (χ3v) is 7.72. The van der Waals surface area contributed by atoms with E-state index in [1.165, 1.54) is 0 Å². The molecule has 0 spiro atoms. The van der Waals surface area contributed by atoms with Gasteiger partial charge in [-0.2, -0.15) is 26.3 Å². The first-order valence-electron chi connectivity index (χ1n) is 9.94. The number of hydrogen-bond donors (Lipinski definition) is 1. The lowest BCUT2D eigenvalue weighted by molar-refractivity contribution is -0.141. The van der Waals surface area contributed by atoms with Crippen LogP contribution in [0.5, 0.6) is 5.75 Å². The van der Waals surface area contributed by atoms with Gasteiger partial charge in [0, 0.05) is 32.1 Å². The van der Waals surface area contributed by atoms with Gasteiger partial charge < -0.3 is 4.74 Å². The lowest BCUT2D eigenvalue weighted by Gasteiger charge is -2.36. The Bertz CT molecular complexity index is 1110. The van der Waals surface area contributed by atoms with E-state index in [-0.39, 0.29) is 12.2 Å². The summed E-state index contributed by atoms with van der Waals surface area (Å²) in [5.41, 5.74) is -2.12. The molecule has 0 bridgehead atoms. The molecular formula is C20H19F6N3O3S. The van der Waals surface area contributed by atoms with Gasteiger partial charge in [0.1, 0.15) is 22.9 Å². The van der Waals surface area contributed by atoms with Crippen LogP contribution < -0.4 is 10.1 Å². The smallest absolute Gasteiger partial charge is 0.433 e. The standard InChI is InChI=1S/C20H19F6N3O3S/c21-19(22,23)12-2-1-3-15(8-12)33(30,31)18-16-9-14(11-29(16)7-6-27-18)32-13-4-5-17(28-10-13)20(24,25)26/h1-5,8,10,14,16,18,27H,6-7,9,11H2. The predicted molar refractivity (Wildman–Crippen MR) is 104 cm³/mol. The molecule has 2 aliphatic rings. The first kappa shape index (κ1) is 23.8. The van der Waals surface area contributed by atoms with Gasteiger partial charge >= 0.3 is 12.4 Å². The highest BCUT2D eigenvalue weighted by atomic mass is 32.2. The number of nitrogens with one attached hydrogen (secondary N) is 1. The van der Waals surface area contributed by atoms with Crippen LogP contribution in [0.1, 0.15) is 17.7 Å². The lowest BCUT2D eigenvalue weighted by Crippen LogP contribution is -2.58. The van der Waals surface area contributed by atoms with E-state index in [0.29, 0.717) is 25.7 Å². The van der Waals surface area contributed by atoms with Gasteiger partial charge in [0.05, 0.1) is 16.7 Å². The second kappa shape index (κ2) is 8.44. The molecule has 6 nitrogen and oxygen atoms in total. The monoisotopic (exact) mass is 495 g/mol. The molecule has 13 heteroatoms. The van der Waals surface area contributed by atoms with Crippen LogP contribution in [0.15, 0.2) is 47.5 Å². The minimum absolute atomic E-state index is 0.109. The Morgan fingerprint density at radius 2 is 1.82 bits per heavy atom. The number of hydrogen-bond acceptors (Lipinski definition) is 6. The molecule has 2 aromatic rings. The number of rotatable bonds is 4. The van der Waals surface area contributed by atoms with Gasteiger partial charge in [-0.3, -0.25) is 10.2 Å². The summed E-state index contributed by atoms with van der Waals surface area (Å²) < 4.78 is 109. The van der Waals surface area contributed by atoms with Crippen molar-refractivity contribution in [1.82, 2.24) is 15.2 Å². The highest BCUT2D eigenvalue weighted by Crippen LogP contribution is 2.34. The maximum atomic E-state index is 13.2. The molecule has 2 saturated heterocycles. The Labute approximate surface area is 185 Å². The van der Waals surface area contributed by atoms with Crippen molar-refractivity contribution in [2.75, 3.05) is 19.6 Å². The molecule has 2 aliphatic heterocycles. The molecule has 3 unspecified atom stereocenters. The van der Waals surface area contributed by atoms with Gasteiger partial charge in [0.25, 0.3) is 0 Å². The summed E-state index contributed by atoms with van der Waals surface area (Å²) in [6.45, 7) is 1.11. The summed E-state index contributed by atoms with van der Waals surface area (Å²) in [5.74, 6) is 0.109. The largest absolute Gasteiger partial charge is 0.487 e. The first-order chi connectivity index (χ1) is 15.4. The zero-order chi connectivity index (χ0) is 24.0. The Kier molecular flexibility index (Phi) is 6.08. The number of nitrogens with zero attached hydrogens (tertiary/aromatic N) is 2. The fourth-order valence-corrected chi connectivity index (χ4v) is 6.04. The average Bonchev–Trinajstić information content (AvgIpc) is 3.15. The summed E-state index contributed by atoms with van der Waals surface area (Å²) in [7, 11) is -4.16. The molecule has 0 radical (unpaired) electrons. The number of piperazine rings is 1. The Balaban J connectivity index is 1.51. The molecule has 3 atom stereocenters. The maximum absolute atomic E-state index is 13.2. The minimum atomic E-state index is -4.68. The number of aromatic nitrogens is 1. The third kappa shape index (κ3) is 4.94. The predicted octanol–water partition coefficient (Wildman–Crippen LogP) is 3.34. The van der Waals surface area contributed by atoms with E-state index in [9.17, 15) is 34.8 Å². The van der Waals surface area contributed by atoms with Crippen molar-refractivity contribution < 1.29 is 39.5 Å². The molecule has 0 saturated carbocycles. The van der Waals surface area contributed by atoms with Crippen LogP contribution in [0, 0.1) is 0 Å². The van der Waals surface area contributed by atoms with Crippen molar-refractivity contribution >= 4 is 9.84 Å². The summed E-state index contributed by atoms with van der Waals surface area (Å²) in [4.78, 5) is 4.76. The van der Waals surface area contributed by atoms with Gasteiger partial charge in [-0.25, -0.2) is 13.4 Å². The highest BCUT2D eigenvalue weighted by Gasteiger charge is 2.46. The van der Waals surface area contributed by atoms with Crippen molar-refractivity contribution in [1.29, 1.82) is 0 Å². The number of sulfone groups is 1. The second-order valence-electron chi connectivity index (χ2n) is 7.86. The van der Waals surface area contributed by atoms with Crippen LogP contribution in [0.25, 0.3) is 0 Å². The van der Waals surface area contributed by atoms with Gasteiger partial charge in [0.2, 0.25) is 0 Å². The van der Waals surface area contributed by atoms with Gasteiger partial charge in [0.15, 0.2) is 9.84 Å². The van der Waals surface area contributed by atoms with E-state index in [4.69, 9.17) is 4.74 Å². The fourth-order valence-electron chi connectivity index (χ4n) is 4.16. The van der Waals surface area contributed by atoms with Crippen molar-refractivity contribution in [2.45, 2.75) is 41.2 Å². The van der Waals surface area contributed by atoms with E-state index in [1.807, 2.05) is 4.90 Å². The zero-order valence-corrected chi connectivity index (χ0v) is 17.7. The summed E-state index contributed by atoms with van der Waals surface area (Å²) >= 11 is 0. The Morgan fingerprint density at radius 3 is 2.45 bits per heavy atom. The molecule has 3 heterocycles. The third-order valence-electron chi connectivity index (χ3n) is 5.66. The van der Waals surface area contributed by atoms with Crippen LogP contribution in [0.2, 0.25) is 0 Å². The van der Waals surface area contributed by atoms with Gasteiger partial charge in [-0.1, -0.05) is 6.07 Å². The Hall–Kier alpha value is -2.38. The summed E-state index contributed by atoms with van der Waals surface area (Å²) in [6, 6.07) is 4.95. The molecule has 1 N–H and O–H groups in total. The summed E-state index contributed by atoms with van der Waals surface area (Å²) in [5, 5.41) is 1.73. The SMILES string of the molecule is O=S(=O)(c1cccc(C(F)(F)F)c1)C1NCCN2CC(Oc3ccc(C(F)(F)F)nc3)CC12.